The van der Waals surface area contributed by atoms with Crippen LogP contribution < -0.4 is 0 Å². The highest BCUT2D eigenvalue weighted by atomic mass is 35.5. The van der Waals surface area contributed by atoms with Crippen molar-refractivity contribution in [1.29, 1.82) is 0 Å². The number of halogens is 1. The molecule has 0 N–H and O–H groups in total. The van der Waals surface area contributed by atoms with Gasteiger partial charge in [0.15, 0.2) is 16.1 Å². The summed E-state index contributed by atoms with van der Waals surface area (Å²) in [6, 6.07) is 0. The van der Waals surface area contributed by atoms with E-state index in [4.69, 9.17) is 11.6 Å². The molecule has 0 aromatic rings. The average molecular weight is 226 g/mol. The zero-order valence-corrected chi connectivity index (χ0v) is 9.03. The maximum atomic E-state index is 11.1. The highest BCUT2D eigenvalue weighted by Gasteiger charge is 2.08. The summed E-state index contributed by atoms with van der Waals surface area (Å²) >= 11 is 5.32. The van der Waals surface area contributed by atoms with Crippen molar-refractivity contribution in [2.24, 2.45) is 0 Å². The first-order valence-corrected chi connectivity index (χ1v) is 6.59. The van der Waals surface area contributed by atoms with Crippen molar-refractivity contribution in [3.8, 4) is 0 Å². The molecule has 77 valence electrons. The topological polar surface area (TPSA) is 51.2 Å². The van der Waals surface area contributed by atoms with Crippen molar-refractivity contribution in [3.05, 3.63) is 0 Å². The Kier molecular flexibility index (Phi) is 7.28. The quantitative estimate of drug-likeness (QED) is 0.462. The number of rotatable bonds is 8. The molecule has 0 aliphatic carbocycles. The Morgan fingerprint density at radius 3 is 2.31 bits per heavy atom. The van der Waals surface area contributed by atoms with E-state index in [1.807, 2.05) is 0 Å². The van der Waals surface area contributed by atoms with E-state index in [9.17, 15) is 13.2 Å². The van der Waals surface area contributed by atoms with Gasteiger partial charge in [-0.15, -0.1) is 11.6 Å². The van der Waals surface area contributed by atoms with Crippen LogP contribution in [0.4, 0.5) is 0 Å². The van der Waals surface area contributed by atoms with Crippen LogP contribution in [0, 0.1) is 0 Å². The van der Waals surface area contributed by atoms with Gasteiger partial charge in [0.05, 0.1) is 11.5 Å². The molecule has 0 fully saturated rings. The third-order valence-corrected chi connectivity index (χ3v) is 3.77. The Morgan fingerprint density at radius 1 is 1.08 bits per heavy atom. The number of hydrogen-bond acceptors (Lipinski definition) is 3. The average Bonchev–Trinajstić information content (AvgIpc) is 2.04. The summed E-state index contributed by atoms with van der Waals surface area (Å²) in [6.45, 7) is 0. The van der Waals surface area contributed by atoms with Crippen LogP contribution in [0.15, 0.2) is 0 Å². The third kappa shape index (κ3) is 8.25. The van der Waals surface area contributed by atoms with Crippen molar-refractivity contribution >= 4 is 27.7 Å². The molecule has 0 saturated heterocycles. The van der Waals surface area contributed by atoms with Gasteiger partial charge in [0, 0.05) is 12.3 Å². The maximum Gasteiger partial charge on any atom is 0.198 e. The summed E-state index contributed by atoms with van der Waals surface area (Å²) in [5.41, 5.74) is 0. The minimum atomic E-state index is -2.95. The second kappa shape index (κ2) is 7.33. The number of unbranched alkanes of at least 4 members (excludes halogenated alkanes) is 3. The van der Waals surface area contributed by atoms with Crippen LogP contribution in [-0.2, 0) is 14.6 Å². The van der Waals surface area contributed by atoms with Gasteiger partial charge < -0.3 is 0 Å². The van der Waals surface area contributed by atoms with Gasteiger partial charge in [-0.2, -0.15) is 0 Å². The summed E-state index contributed by atoms with van der Waals surface area (Å²) in [5.74, 6) is 0.386. The molecule has 0 rings (SSSR count). The molecule has 1 radical (unpaired) electrons. The van der Waals surface area contributed by atoms with Gasteiger partial charge in [-0.1, -0.05) is 6.42 Å². The van der Waals surface area contributed by atoms with Crippen molar-refractivity contribution < 1.29 is 13.2 Å². The molecule has 0 atom stereocenters. The molecular weight excluding hydrogens is 212 g/mol. The lowest BCUT2D eigenvalue weighted by Gasteiger charge is -2.00. The maximum absolute atomic E-state index is 11.1. The lowest BCUT2D eigenvalue weighted by Crippen LogP contribution is -2.11. The molecular formula is C8H14ClO3S. The lowest BCUT2D eigenvalue weighted by atomic mass is 10.2. The lowest BCUT2D eigenvalue weighted by molar-refractivity contribution is 0.546. The fourth-order valence-corrected chi connectivity index (χ4v) is 2.70. The van der Waals surface area contributed by atoms with Crippen LogP contribution >= 0.6 is 11.6 Å². The molecule has 0 aromatic heterocycles. The van der Waals surface area contributed by atoms with E-state index >= 15 is 0 Å². The van der Waals surface area contributed by atoms with Crippen molar-refractivity contribution in [3.63, 3.8) is 0 Å². The molecule has 3 nitrogen and oxygen atoms in total. The number of alkyl halides is 1. The largest absolute Gasteiger partial charge is 0.291 e. The van der Waals surface area contributed by atoms with Gasteiger partial charge in [0.2, 0.25) is 0 Å². The number of hydrogen-bond donors (Lipinski definition) is 0. The highest BCUT2D eigenvalue weighted by Crippen LogP contribution is 2.02. The normalized spacial score (nSPS) is 11.5. The van der Waals surface area contributed by atoms with Gasteiger partial charge >= 0.3 is 0 Å². The van der Waals surface area contributed by atoms with E-state index in [2.05, 4.69) is 0 Å². The number of sulfone groups is 1. The van der Waals surface area contributed by atoms with Gasteiger partial charge in [-0.3, -0.25) is 4.79 Å². The molecule has 0 aromatic carbocycles. The fourth-order valence-electron chi connectivity index (χ4n) is 0.916. The Labute approximate surface area is 84.4 Å². The Morgan fingerprint density at radius 2 is 1.77 bits per heavy atom. The van der Waals surface area contributed by atoms with Crippen LogP contribution in [-0.4, -0.2) is 32.1 Å². The molecule has 0 spiro atoms. The second-order valence-corrected chi connectivity index (χ2v) is 5.48. The molecule has 0 unspecified atom stereocenters. The van der Waals surface area contributed by atoms with Crippen LogP contribution in [0.3, 0.4) is 0 Å². The third-order valence-electron chi connectivity index (χ3n) is 1.62. The van der Waals surface area contributed by atoms with Crippen LogP contribution in [0.2, 0.25) is 0 Å². The summed E-state index contributed by atoms with van der Waals surface area (Å²) < 4.78 is 22.2. The molecule has 13 heavy (non-hydrogen) atoms. The van der Waals surface area contributed by atoms with E-state index < -0.39 is 9.84 Å². The van der Waals surface area contributed by atoms with E-state index in [-0.39, 0.29) is 17.4 Å². The predicted molar refractivity (Wildman–Crippen MR) is 53.5 cm³/mol. The van der Waals surface area contributed by atoms with Crippen molar-refractivity contribution in [2.45, 2.75) is 25.7 Å². The molecule has 0 saturated carbocycles. The highest BCUT2D eigenvalue weighted by molar-refractivity contribution is 7.91. The fraction of sp³-hybridized carbons (Fsp3) is 0.875. The van der Waals surface area contributed by atoms with Crippen molar-refractivity contribution in [2.75, 3.05) is 17.4 Å². The van der Waals surface area contributed by atoms with Crippen molar-refractivity contribution in [1.82, 2.24) is 0 Å². The summed E-state index contributed by atoms with van der Waals surface area (Å²) in [4.78, 5) is 9.81. The smallest absolute Gasteiger partial charge is 0.198 e. The predicted octanol–water partition coefficient (Wildman–Crippen LogP) is 1.31. The SMILES string of the molecule is O=[C]CCCCCS(=O)(=O)CCCl. The Bertz CT molecular complexity index is 224. The first kappa shape index (κ1) is 12.9. The summed E-state index contributed by atoms with van der Waals surface area (Å²) in [5, 5.41) is 0. The molecule has 0 heterocycles. The monoisotopic (exact) mass is 225 g/mol. The van der Waals surface area contributed by atoms with Crippen LogP contribution in [0.5, 0.6) is 0 Å². The van der Waals surface area contributed by atoms with Crippen LogP contribution in [0.25, 0.3) is 0 Å². The van der Waals surface area contributed by atoms with Gasteiger partial charge in [-0.25, -0.2) is 8.42 Å². The van der Waals surface area contributed by atoms with E-state index in [0.717, 1.165) is 12.8 Å². The first-order valence-electron chi connectivity index (χ1n) is 4.24. The zero-order valence-electron chi connectivity index (χ0n) is 7.46. The zero-order chi connectivity index (χ0) is 10.2. The van der Waals surface area contributed by atoms with Gasteiger partial charge in [-0.05, 0) is 12.8 Å². The Hall–Kier alpha value is -0.0900. The Balaban J connectivity index is 3.46. The molecule has 5 heteroatoms. The second-order valence-electron chi connectivity index (χ2n) is 2.80. The van der Waals surface area contributed by atoms with E-state index in [0.29, 0.717) is 12.8 Å². The van der Waals surface area contributed by atoms with Gasteiger partial charge in [0.1, 0.15) is 0 Å². The minimum Gasteiger partial charge on any atom is -0.291 e. The summed E-state index contributed by atoms with van der Waals surface area (Å²) in [7, 11) is -2.95. The minimum absolute atomic E-state index is 0.0500. The standard InChI is InChI=1S/C8H14ClO3S/c9-5-8-13(11,12)7-4-2-1-3-6-10/h1-5,7-8H2. The van der Waals surface area contributed by atoms with Gasteiger partial charge in [0.25, 0.3) is 0 Å². The van der Waals surface area contributed by atoms with E-state index in [1.54, 1.807) is 6.29 Å². The molecule has 0 amide bonds. The summed E-state index contributed by atoms with van der Waals surface area (Å²) in [6.07, 6.45) is 4.26. The number of carbonyl (C=O) groups excluding carboxylic acids is 1. The molecule has 0 aliphatic heterocycles. The molecule has 0 aliphatic rings. The first-order chi connectivity index (χ1) is 6.12. The van der Waals surface area contributed by atoms with E-state index in [1.165, 1.54) is 0 Å². The molecule has 0 bridgehead atoms. The van der Waals surface area contributed by atoms with Crippen LogP contribution in [0.1, 0.15) is 25.7 Å².